The number of benzene rings is 20. The first-order valence-corrected chi connectivity index (χ1v) is 47.1. The predicted octanol–water partition coefficient (Wildman–Crippen LogP) is 33.5. The van der Waals surface area contributed by atoms with Crippen molar-refractivity contribution in [3.05, 3.63) is 504 Å². The smallest absolute Gasteiger partial charge is 0.162 e. The van der Waals surface area contributed by atoms with Crippen molar-refractivity contribution in [3.63, 3.8) is 0 Å². The van der Waals surface area contributed by atoms with Gasteiger partial charge < -0.3 is 18.3 Å². The van der Waals surface area contributed by atoms with Gasteiger partial charge in [0.05, 0.1) is 77.6 Å². The van der Waals surface area contributed by atoms with Crippen LogP contribution in [-0.4, -0.2) is 42.4 Å². The second-order valence-corrected chi connectivity index (χ2v) is 35.6. The number of fused-ring (bicyclic) bond motifs is 18. The first kappa shape index (κ1) is 79.2. The molecule has 0 saturated heterocycles. The fourth-order valence-corrected chi connectivity index (χ4v) is 21.9. The van der Waals surface area contributed by atoms with Crippen molar-refractivity contribution in [2.24, 2.45) is 0 Å². The first-order chi connectivity index (χ1) is 68.5. The molecule has 28 rings (SSSR count). The molecule has 0 aliphatic rings. The predicted molar refractivity (Wildman–Crippen MR) is 576 cm³/mol. The Balaban J connectivity index is 0.000000139. The fraction of sp³-hybridized carbons (Fsp3) is 0. The van der Waals surface area contributed by atoms with Crippen LogP contribution in [-0.2, 0) is 0 Å². The molecule has 0 N–H and O–H groups in total. The maximum absolute atomic E-state index is 5.44. The fourth-order valence-electron chi connectivity index (χ4n) is 21.9. The van der Waals surface area contributed by atoms with E-state index in [0.717, 1.165) is 112 Å². The Kier molecular flexibility index (Phi) is 18.8. The van der Waals surface area contributed by atoms with Crippen LogP contribution in [0.1, 0.15) is 0 Å². The molecule has 9 heteroatoms. The molecule has 0 unspecified atom stereocenters. The third-order valence-corrected chi connectivity index (χ3v) is 27.9. The summed E-state index contributed by atoms with van der Waals surface area (Å²) in [7, 11) is 0. The Bertz CT molecular complexity index is 9000. The van der Waals surface area contributed by atoms with E-state index in [9.17, 15) is 0 Å². The third-order valence-electron chi connectivity index (χ3n) is 27.9. The number of hydrogen-bond acceptors (Lipinski definition) is 3. The zero-order valence-corrected chi connectivity index (χ0v) is 74.9. The normalized spacial score (nSPS) is 11.8. The molecular weight excluding hydrogens is 1680 g/mol. The zero-order chi connectivity index (χ0) is 90.8. The lowest BCUT2D eigenvalue weighted by Crippen LogP contribution is -2.02. The number of hydrogen-bond donors (Lipinski definition) is 0. The van der Waals surface area contributed by atoms with Gasteiger partial charge in [-0.15, -0.1) is 0 Å². The topological polar surface area (TPSA) is 68.2 Å². The molecule has 9 nitrogen and oxygen atoms in total. The maximum Gasteiger partial charge on any atom is 0.162 e. The van der Waals surface area contributed by atoms with E-state index in [-0.39, 0.29) is 0 Å². The highest BCUT2D eigenvalue weighted by atomic mass is 15.1. The van der Waals surface area contributed by atoms with Gasteiger partial charge in [-0.2, -0.15) is 0 Å². The Hall–Kier alpha value is -18.6. The molecule has 8 aromatic heterocycles. The molecule has 0 amide bonds. The molecule has 28 aromatic rings. The van der Waals surface area contributed by atoms with Crippen LogP contribution < -0.4 is 0 Å². The van der Waals surface area contributed by atoms with E-state index in [2.05, 4.69) is 507 Å². The summed E-state index contributed by atoms with van der Waals surface area (Å²) in [5.74, 6) is 2.39. The van der Waals surface area contributed by atoms with Crippen molar-refractivity contribution < 1.29 is 0 Å². The minimum atomic E-state index is 0.686. The minimum absolute atomic E-state index is 0.686. The zero-order valence-electron chi connectivity index (χ0n) is 74.9. The molecule has 0 aliphatic carbocycles. The van der Waals surface area contributed by atoms with Gasteiger partial charge >= 0.3 is 0 Å². The van der Waals surface area contributed by atoms with Crippen molar-refractivity contribution in [2.75, 3.05) is 0 Å². The lowest BCUT2D eigenvalue weighted by Gasteiger charge is -2.13. The Morgan fingerprint density at radius 3 is 0.775 bits per heavy atom. The summed E-state index contributed by atoms with van der Waals surface area (Å²) >= 11 is 0. The summed E-state index contributed by atoms with van der Waals surface area (Å²) in [5.41, 5.74) is 35.0. The minimum Gasteiger partial charge on any atom is -0.309 e. The summed E-state index contributed by atoms with van der Waals surface area (Å²) in [6.07, 6.45) is 0. The highest BCUT2D eigenvalue weighted by Gasteiger charge is 2.28. The van der Waals surface area contributed by atoms with E-state index < -0.39 is 0 Å². The summed E-state index contributed by atoms with van der Waals surface area (Å²) in [6, 6.07) is 181. The number of pyridine rings is 1. The highest BCUT2D eigenvalue weighted by Crippen LogP contribution is 2.50. The van der Waals surface area contributed by atoms with Crippen LogP contribution in [0.2, 0.25) is 0 Å². The summed E-state index contributed by atoms with van der Waals surface area (Å²) in [5, 5.41) is 14.5. The van der Waals surface area contributed by atoms with Crippen molar-refractivity contribution in [3.8, 4) is 124 Å². The van der Waals surface area contributed by atoms with E-state index in [1.807, 2.05) is 24.3 Å². The second-order valence-electron chi connectivity index (χ2n) is 35.6. The van der Waals surface area contributed by atoms with Gasteiger partial charge in [-0.25, -0.2) is 15.0 Å². The van der Waals surface area contributed by atoms with Gasteiger partial charge in [0.1, 0.15) is 11.6 Å². The SMILES string of the molecule is c1ccc(-c2cc(-c3ccccc3)nc(-n3c4ccccc4c4c(-c5cccc6c5c5ccccc5n6-c5ccc6c(c5)c5cc(-c7ccccc7)ccc5n6-c5ccccc5)cccc43)c2)cc1.c1ccc(-c2ccc3c(c2)c2cc(-n4c5ccccc5c5c(-c6cccc7c6c6ccccc6n7-c6cc(-c7ccccc7)nc(-c7ccccc7)n6)cccc54)ccc2n3-c2ccccc2)cc1. The number of nitrogens with zero attached hydrogens (tertiary/aromatic N) is 9. The van der Waals surface area contributed by atoms with Crippen LogP contribution in [0.5, 0.6) is 0 Å². The van der Waals surface area contributed by atoms with Gasteiger partial charge in [-0.05, 0) is 201 Å². The van der Waals surface area contributed by atoms with Crippen molar-refractivity contribution in [1.29, 1.82) is 0 Å². The quantitative estimate of drug-likeness (QED) is 0.109. The first-order valence-electron chi connectivity index (χ1n) is 47.1. The molecule has 20 aromatic carbocycles. The molecule has 644 valence electrons. The molecule has 0 radical (unpaired) electrons. The molecule has 8 heterocycles. The van der Waals surface area contributed by atoms with E-state index in [0.29, 0.717) is 5.82 Å². The Morgan fingerprint density at radius 2 is 0.399 bits per heavy atom. The molecule has 0 atom stereocenters. The lowest BCUT2D eigenvalue weighted by atomic mass is 9.95. The van der Waals surface area contributed by atoms with Gasteiger partial charge in [0, 0.05) is 110 Å². The summed E-state index contributed by atoms with van der Waals surface area (Å²) in [6.45, 7) is 0. The van der Waals surface area contributed by atoms with E-state index in [4.69, 9.17) is 15.0 Å². The molecule has 138 heavy (non-hydrogen) atoms. The van der Waals surface area contributed by atoms with Crippen LogP contribution >= 0.6 is 0 Å². The number of rotatable bonds is 14. The van der Waals surface area contributed by atoms with E-state index >= 15 is 0 Å². The molecule has 0 saturated carbocycles. The lowest BCUT2D eigenvalue weighted by molar-refractivity contribution is 1.05. The van der Waals surface area contributed by atoms with Crippen molar-refractivity contribution >= 4 is 131 Å². The van der Waals surface area contributed by atoms with Crippen LogP contribution in [0.25, 0.3) is 255 Å². The van der Waals surface area contributed by atoms with Gasteiger partial charge in [-0.1, -0.05) is 352 Å². The molecule has 0 spiro atoms. The van der Waals surface area contributed by atoms with Gasteiger partial charge in [0.15, 0.2) is 5.82 Å². The number of para-hydroxylation sites is 6. The Morgan fingerprint density at radius 1 is 0.130 bits per heavy atom. The van der Waals surface area contributed by atoms with Gasteiger partial charge in [-0.3, -0.25) is 9.13 Å². The highest BCUT2D eigenvalue weighted by molar-refractivity contribution is 6.25. The largest absolute Gasteiger partial charge is 0.309 e. The molecular formula is C129H83N9. The second kappa shape index (κ2) is 32.7. The summed E-state index contributed by atoms with van der Waals surface area (Å²) < 4.78 is 14.4. The van der Waals surface area contributed by atoms with E-state index in [1.165, 1.54) is 137 Å². The van der Waals surface area contributed by atoms with Crippen molar-refractivity contribution in [1.82, 2.24) is 42.4 Å². The average Bonchev–Trinajstić information content (AvgIpc) is 1.56. The van der Waals surface area contributed by atoms with Gasteiger partial charge in [0.2, 0.25) is 0 Å². The standard InChI is InChI=1S/C65H42N4.C64H41N5/c1-5-19-43(20-6-1)46-35-37-59-54(39-46)55-42-49(36-38-60(55)67(59)48-25-11-4-12-26-48)68-57-31-15-13-27-52(57)64-50(29-17-33-61(64)68)51-30-18-34-62-65(51)53-28-14-16-32-58(53)69(62)63-41-47(44-21-7-2-8-22-44)40-56(66-63)45-23-9-3-10-24-45;1-5-19-42(20-6-1)45-35-37-57-52(39-45)53-40-47(36-38-58(53)67(57)46-25-11-4-12-26-46)68-55-31-15-13-27-50(55)62-48(29-17-33-59(62)68)49-30-18-34-60-63(49)51-28-14-16-32-56(51)69(60)61-41-54(43-21-7-2-8-22-43)65-64(66-61)44-23-9-3-10-24-44/h1-42H;1-41H. The van der Waals surface area contributed by atoms with Crippen LogP contribution in [0.4, 0.5) is 0 Å². The molecule has 0 bridgehead atoms. The maximum atomic E-state index is 5.44. The number of aromatic nitrogens is 9. The average molecular weight is 1760 g/mol. The van der Waals surface area contributed by atoms with Crippen LogP contribution in [0.3, 0.4) is 0 Å². The third kappa shape index (κ3) is 13.0. The van der Waals surface area contributed by atoms with Crippen molar-refractivity contribution in [2.45, 2.75) is 0 Å². The van der Waals surface area contributed by atoms with E-state index in [1.54, 1.807) is 0 Å². The van der Waals surface area contributed by atoms with Crippen LogP contribution in [0, 0.1) is 0 Å². The Labute approximate surface area is 795 Å². The molecule has 0 fully saturated rings. The summed E-state index contributed by atoms with van der Waals surface area (Å²) in [4.78, 5) is 15.9. The molecule has 0 aliphatic heterocycles. The van der Waals surface area contributed by atoms with Crippen LogP contribution in [0.15, 0.2) is 504 Å². The van der Waals surface area contributed by atoms with Gasteiger partial charge in [0.25, 0.3) is 0 Å². The monoisotopic (exact) mass is 1760 g/mol.